The van der Waals surface area contributed by atoms with E-state index in [9.17, 15) is 18.5 Å². The number of halogens is 1. The van der Waals surface area contributed by atoms with E-state index >= 15 is 0 Å². The van der Waals surface area contributed by atoms with Crippen molar-refractivity contribution in [1.29, 1.82) is 0 Å². The number of nitrogens with zero attached hydrogens (tertiary/aromatic N) is 2. The third-order valence-electron chi connectivity index (χ3n) is 2.27. The van der Waals surface area contributed by atoms with Crippen molar-refractivity contribution < 1.29 is 13.3 Å². The average molecular weight is 334 g/mol. The molecule has 0 radical (unpaired) electrons. The second-order valence-electron chi connectivity index (χ2n) is 3.78. The van der Waals surface area contributed by atoms with Crippen molar-refractivity contribution in [2.45, 2.75) is 11.1 Å². The number of nitrogens with one attached hydrogen (secondary N) is 1. The summed E-state index contributed by atoms with van der Waals surface area (Å²) < 4.78 is 26.0. The highest BCUT2D eigenvalue weighted by Gasteiger charge is 2.25. The average Bonchev–Trinajstić information content (AvgIpc) is 2.75. The van der Waals surface area contributed by atoms with Crippen LogP contribution >= 0.6 is 22.9 Å². The first kappa shape index (κ1) is 14.7. The molecule has 0 unspecified atom stereocenters. The van der Waals surface area contributed by atoms with Gasteiger partial charge in [0.15, 0.2) is 4.34 Å². The maximum Gasteiger partial charge on any atom is 0.300 e. The van der Waals surface area contributed by atoms with Crippen LogP contribution in [0.1, 0.15) is 5.69 Å². The minimum absolute atomic E-state index is 0.183. The van der Waals surface area contributed by atoms with Crippen molar-refractivity contribution in [1.82, 2.24) is 4.98 Å². The van der Waals surface area contributed by atoms with E-state index in [0.717, 1.165) is 11.8 Å². The largest absolute Gasteiger partial charge is 0.300 e. The molecule has 0 aromatic carbocycles. The molecular weight excluding hydrogens is 326 g/mol. The zero-order chi connectivity index (χ0) is 14.9. The van der Waals surface area contributed by atoms with Gasteiger partial charge in [-0.2, -0.15) is 0 Å². The van der Waals surface area contributed by atoms with E-state index in [1.165, 1.54) is 6.20 Å². The summed E-state index contributed by atoms with van der Waals surface area (Å²) in [4.78, 5) is 13.9. The summed E-state index contributed by atoms with van der Waals surface area (Å²) in [6, 6.07) is 4.11. The van der Waals surface area contributed by atoms with Gasteiger partial charge in [-0.15, -0.1) is 11.3 Å². The van der Waals surface area contributed by atoms with E-state index in [2.05, 4.69) is 9.71 Å². The van der Waals surface area contributed by atoms with Gasteiger partial charge in [0, 0.05) is 11.8 Å². The highest BCUT2D eigenvalue weighted by atomic mass is 35.5. The molecule has 0 aliphatic heterocycles. The molecular formula is C10H8ClN3O4S2. The first-order valence-electron chi connectivity index (χ1n) is 5.19. The smallest absolute Gasteiger partial charge is 0.277 e. The molecule has 0 amide bonds. The van der Waals surface area contributed by atoms with Crippen LogP contribution in [-0.2, 0) is 10.0 Å². The van der Waals surface area contributed by atoms with Crippen LogP contribution in [0.25, 0.3) is 0 Å². The Bertz CT molecular complexity index is 755. The van der Waals surface area contributed by atoms with Crippen LogP contribution in [0, 0.1) is 17.0 Å². The highest BCUT2D eigenvalue weighted by Crippen LogP contribution is 2.36. The summed E-state index contributed by atoms with van der Waals surface area (Å²) in [5.41, 5.74) is 0.574. The minimum Gasteiger partial charge on any atom is -0.277 e. The molecule has 2 rings (SSSR count). The number of aryl methyl sites for hydroxylation is 1. The number of hydrogen-bond donors (Lipinski definition) is 1. The number of nitro groups is 1. The van der Waals surface area contributed by atoms with Gasteiger partial charge in [0.05, 0.1) is 16.8 Å². The third-order valence-corrected chi connectivity index (χ3v) is 5.46. The molecule has 0 fully saturated rings. The molecule has 0 aliphatic rings. The number of rotatable bonds is 4. The monoisotopic (exact) mass is 333 g/mol. The lowest BCUT2D eigenvalue weighted by molar-refractivity contribution is -0.384. The van der Waals surface area contributed by atoms with Gasteiger partial charge >= 0.3 is 0 Å². The van der Waals surface area contributed by atoms with Gasteiger partial charge in [0.1, 0.15) is 4.21 Å². The zero-order valence-corrected chi connectivity index (χ0v) is 12.4. The number of thiophene rings is 1. The van der Waals surface area contributed by atoms with Crippen LogP contribution < -0.4 is 4.72 Å². The molecule has 2 aromatic heterocycles. The predicted octanol–water partition coefficient (Wildman–Crippen LogP) is 2.81. The molecule has 0 saturated heterocycles. The molecule has 1 N–H and O–H groups in total. The van der Waals surface area contributed by atoms with Crippen LogP contribution in [0.2, 0.25) is 4.34 Å². The van der Waals surface area contributed by atoms with Crippen LogP contribution in [-0.4, -0.2) is 18.3 Å². The quantitative estimate of drug-likeness (QED) is 0.684. The van der Waals surface area contributed by atoms with E-state index in [0.29, 0.717) is 11.3 Å². The van der Waals surface area contributed by atoms with Crippen molar-refractivity contribution in [2.24, 2.45) is 0 Å². The summed E-state index contributed by atoms with van der Waals surface area (Å²) in [6.45, 7) is 1.76. The van der Waals surface area contributed by atoms with E-state index < -0.39 is 20.6 Å². The van der Waals surface area contributed by atoms with Gasteiger partial charge < -0.3 is 0 Å². The van der Waals surface area contributed by atoms with Gasteiger partial charge in [0.25, 0.3) is 15.7 Å². The zero-order valence-electron chi connectivity index (χ0n) is 10.0. The van der Waals surface area contributed by atoms with Crippen LogP contribution in [0.15, 0.2) is 28.6 Å². The lowest BCUT2D eigenvalue weighted by Gasteiger charge is -2.05. The summed E-state index contributed by atoms with van der Waals surface area (Å²) in [5.74, 6) is 0. The fourth-order valence-corrected chi connectivity index (χ4v) is 4.04. The van der Waals surface area contributed by atoms with Gasteiger partial charge in [-0.25, -0.2) is 8.42 Å². The Kier molecular flexibility index (Phi) is 3.93. The second kappa shape index (κ2) is 5.35. The van der Waals surface area contributed by atoms with Crippen molar-refractivity contribution in [2.75, 3.05) is 4.72 Å². The number of pyridine rings is 1. The van der Waals surface area contributed by atoms with Crippen LogP contribution in [0.3, 0.4) is 0 Å². The predicted molar refractivity (Wildman–Crippen MR) is 75.8 cm³/mol. The summed E-state index contributed by atoms with van der Waals surface area (Å²) in [6.07, 6.45) is 1.36. The molecule has 2 aromatic rings. The first-order chi connectivity index (χ1) is 9.29. The normalized spacial score (nSPS) is 11.3. The van der Waals surface area contributed by atoms with Crippen molar-refractivity contribution in [3.63, 3.8) is 0 Å². The van der Waals surface area contributed by atoms with Crippen LogP contribution in [0.5, 0.6) is 0 Å². The molecule has 0 spiro atoms. The summed E-state index contributed by atoms with van der Waals surface area (Å²) >= 11 is 6.27. The second-order valence-corrected chi connectivity index (χ2v) is 7.34. The van der Waals surface area contributed by atoms with E-state index in [1.807, 2.05) is 0 Å². The number of aromatic nitrogens is 1. The van der Waals surface area contributed by atoms with Gasteiger partial charge in [-0.3, -0.25) is 19.8 Å². The summed E-state index contributed by atoms with van der Waals surface area (Å²) in [7, 11) is -3.92. The van der Waals surface area contributed by atoms with Gasteiger partial charge in [-0.05, 0) is 19.1 Å². The molecule has 0 aliphatic carbocycles. The maximum atomic E-state index is 12.1. The number of anilines is 1. The topological polar surface area (TPSA) is 102 Å². The molecule has 0 bridgehead atoms. The lowest BCUT2D eigenvalue weighted by Crippen LogP contribution is -2.11. The van der Waals surface area contributed by atoms with Crippen molar-refractivity contribution >= 4 is 44.3 Å². The number of hydrogen-bond acceptors (Lipinski definition) is 6. The van der Waals surface area contributed by atoms with Gasteiger partial charge in [-0.1, -0.05) is 11.6 Å². The van der Waals surface area contributed by atoms with E-state index in [1.54, 1.807) is 19.1 Å². The van der Waals surface area contributed by atoms with Gasteiger partial charge in [0.2, 0.25) is 0 Å². The van der Waals surface area contributed by atoms with E-state index in [-0.39, 0.29) is 14.2 Å². The molecule has 20 heavy (non-hydrogen) atoms. The van der Waals surface area contributed by atoms with E-state index in [4.69, 9.17) is 11.6 Å². The molecule has 2 heterocycles. The Hall–Kier alpha value is -1.71. The fraction of sp³-hybridized carbons (Fsp3) is 0.100. The summed E-state index contributed by atoms with van der Waals surface area (Å²) in [5, 5.41) is 10.7. The number of sulfonamides is 1. The Morgan fingerprint density at radius 1 is 1.45 bits per heavy atom. The first-order valence-corrected chi connectivity index (χ1v) is 7.86. The molecule has 10 heteroatoms. The molecule has 0 atom stereocenters. The minimum atomic E-state index is -3.92. The Morgan fingerprint density at radius 3 is 2.65 bits per heavy atom. The molecule has 0 saturated carbocycles. The molecule has 106 valence electrons. The van der Waals surface area contributed by atoms with Crippen molar-refractivity contribution in [3.8, 4) is 0 Å². The Morgan fingerprint density at radius 2 is 2.15 bits per heavy atom. The maximum absolute atomic E-state index is 12.1. The van der Waals surface area contributed by atoms with Crippen molar-refractivity contribution in [3.05, 3.63) is 44.5 Å². The Balaban J connectivity index is 2.33. The lowest BCUT2D eigenvalue weighted by atomic mass is 10.4. The third kappa shape index (κ3) is 3.06. The highest BCUT2D eigenvalue weighted by molar-refractivity contribution is 7.94. The Labute approximate surface area is 123 Å². The molecule has 7 nitrogen and oxygen atoms in total. The fourth-order valence-electron chi connectivity index (χ4n) is 1.33. The SMILES string of the molecule is Cc1ccc(NS(=O)(=O)c2cc([N+](=O)[O-])c(Cl)s2)cn1. The standard InChI is InChI=1S/C10H8ClN3O4S2/c1-6-2-3-7(5-12-6)13-20(17,18)9-4-8(14(15)16)10(11)19-9/h2-5,13H,1H3. The van der Waals surface area contributed by atoms with Crippen LogP contribution in [0.4, 0.5) is 11.4 Å².